The van der Waals surface area contributed by atoms with Gasteiger partial charge in [-0.05, 0) is 44.7 Å². The van der Waals surface area contributed by atoms with Gasteiger partial charge in [0.2, 0.25) is 0 Å². The van der Waals surface area contributed by atoms with Crippen LogP contribution < -0.4 is 5.32 Å². The standard InChI is InChI=1S/C15H30N4/c1-12(2)10-16-8-7-15(5,6)9-14-17-11-18-19(14)13(3)4/h11-13,16H,7-10H2,1-6H3. The zero-order valence-corrected chi connectivity index (χ0v) is 13.4. The normalized spacial score (nSPS) is 12.6. The maximum Gasteiger partial charge on any atom is 0.138 e. The Kier molecular flexibility index (Phi) is 5.98. The molecule has 19 heavy (non-hydrogen) atoms. The first-order valence-corrected chi connectivity index (χ1v) is 7.41. The van der Waals surface area contributed by atoms with Crippen LogP contribution >= 0.6 is 0 Å². The van der Waals surface area contributed by atoms with Gasteiger partial charge in [0.1, 0.15) is 12.2 Å². The SMILES string of the molecule is CC(C)CNCCC(C)(C)Cc1ncnn1C(C)C. The third-order valence-electron chi connectivity index (χ3n) is 3.30. The Morgan fingerprint density at radius 1 is 1.26 bits per heavy atom. The summed E-state index contributed by atoms with van der Waals surface area (Å²) in [6.45, 7) is 15.6. The minimum Gasteiger partial charge on any atom is -0.316 e. The molecule has 4 nitrogen and oxygen atoms in total. The van der Waals surface area contributed by atoms with Gasteiger partial charge in [0.05, 0.1) is 0 Å². The van der Waals surface area contributed by atoms with Gasteiger partial charge < -0.3 is 5.32 Å². The van der Waals surface area contributed by atoms with Crippen molar-refractivity contribution in [3.8, 4) is 0 Å². The van der Waals surface area contributed by atoms with Crippen molar-refractivity contribution < 1.29 is 0 Å². The summed E-state index contributed by atoms with van der Waals surface area (Å²) in [6, 6.07) is 0.382. The summed E-state index contributed by atoms with van der Waals surface area (Å²) in [5, 5.41) is 7.82. The third-order valence-corrected chi connectivity index (χ3v) is 3.30. The smallest absolute Gasteiger partial charge is 0.138 e. The Hall–Kier alpha value is -0.900. The predicted molar refractivity (Wildman–Crippen MR) is 80.2 cm³/mol. The summed E-state index contributed by atoms with van der Waals surface area (Å²) >= 11 is 0. The van der Waals surface area contributed by atoms with Gasteiger partial charge in [-0.15, -0.1) is 0 Å². The molecule has 0 saturated heterocycles. The third kappa shape index (κ3) is 5.72. The van der Waals surface area contributed by atoms with Crippen LogP contribution in [0.1, 0.15) is 59.8 Å². The number of nitrogens with zero attached hydrogens (tertiary/aromatic N) is 3. The average molecular weight is 266 g/mol. The van der Waals surface area contributed by atoms with Crippen molar-refractivity contribution in [2.24, 2.45) is 11.3 Å². The van der Waals surface area contributed by atoms with E-state index in [2.05, 4.69) is 56.9 Å². The average Bonchev–Trinajstić information content (AvgIpc) is 2.71. The molecule has 0 bridgehead atoms. The Morgan fingerprint density at radius 2 is 1.95 bits per heavy atom. The van der Waals surface area contributed by atoms with E-state index < -0.39 is 0 Å². The minimum absolute atomic E-state index is 0.254. The summed E-state index contributed by atoms with van der Waals surface area (Å²) in [5.74, 6) is 1.82. The summed E-state index contributed by atoms with van der Waals surface area (Å²) in [4.78, 5) is 4.41. The lowest BCUT2D eigenvalue weighted by molar-refractivity contribution is 0.306. The fourth-order valence-electron chi connectivity index (χ4n) is 2.17. The molecule has 0 spiro atoms. The molecule has 0 aromatic carbocycles. The van der Waals surface area contributed by atoms with Gasteiger partial charge in [-0.2, -0.15) is 5.10 Å². The van der Waals surface area contributed by atoms with E-state index in [4.69, 9.17) is 0 Å². The van der Waals surface area contributed by atoms with Crippen LogP contribution in [0.3, 0.4) is 0 Å². The van der Waals surface area contributed by atoms with Crippen LogP contribution in [0.4, 0.5) is 0 Å². The second-order valence-electron chi connectivity index (χ2n) is 6.90. The molecule has 0 aliphatic heterocycles. The van der Waals surface area contributed by atoms with Crippen molar-refractivity contribution in [3.63, 3.8) is 0 Å². The largest absolute Gasteiger partial charge is 0.316 e. The molecule has 1 aromatic rings. The molecule has 0 atom stereocenters. The first-order chi connectivity index (χ1) is 8.82. The second-order valence-corrected chi connectivity index (χ2v) is 6.90. The van der Waals surface area contributed by atoms with E-state index >= 15 is 0 Å². The van der Waals surface area contributed by atoms with Crippen LogP contribution in [0.25, 0.3) is 0 Å². The lowest BCUT2D eigenvalue weighted by Gasteiger charge is -2.25. The number of rotatable bonds is 8. The lowest BCUT2D eigenvalue weighted by Crippen LogP contribution is -2.27. The summed E-state index contributed by atoms with van der Waals surface area (Å²) < 4.78 is 2.03. The quantitative estimate of drug-likeness (QED) is 0.735. The molecule has 0 saturated carbocycles. The van der Waals surface area contributed by atoms with Gasteiger partial charge in [0, 0.05) is 12.5 Å². The zero-order chi connectivity index (χ0) is 14.5. The highest BCUT2D eigenvalue weighted by Gasteiger charge is 2.21. The first kappa shape index (κ1) is 16.2. The molecule has 1 heterocycles. The van der Waals surface area contributed by atoms with E-state index in [1.807, 2.05) is 4.68 Å². The van der Waals surface area contributed by atoms with Crippen LogP contribution in [0.5, 0.6) is 0 Å². The Balaban J connectivity index is 2.47. The van der Waals surface area contributed by atoms with E-state index in [0.717, 1.165) is 31.8 Å². The van der Waals surface area contributed by atoms with Crippen LogP contribution in [0.15, 0.2) is 6.33 Å². The zero-order valence-electron chi connectivity index (χ0n) is 13.4. The monoisotopic (exact) mass is 266 g/mol. The maximum absolute atomic E-state index is 4.41. The van der Waals surface area contributed by atoms with Crippen molar-refractivity contribution in [3.05, 3.63) is 12.2 Å². The molecule has 1 aromatic heterocycles. The van der Waals surface area contributed by atoms with Crippen molar-refractivity contribution >= 4 is 0 Å². The van der Waals surface area contributed by atoms with Crippen LogP contribution in [0, 0.1) is 11.3 Å². The summed E-state index contributed by atoms with van der Waals surface area (Å²) in [5.41, 5.74) is 0.254. The number of hydrogen-bond donors (Lipinski definition) is 1. The van der Waals surface area contributed by atoms with E-state index in [1.54, 1.807) is 6.33 Å². The molecule has 1 rings (SSSR count). The molecular weight excluding hydrogens is 236 g/mol. The fraction of sp³-hybridized carbons (Fsp3) is 0.867. The van der Waals surface area contributed by atoms with E-state index in [1.165, 1.54) is 0 Å². The predicted octanol–water partition coefficient (Wildman–Crippen LogP) is 3.06. The molecule has 0 unspecified atom stereocenters. The van der Waals surface area contributed by atoms with Crippen molar-refractivity contribution in [2.45, 2.75) is 60.4 Å². The van der Waals surface area contributed by atoms with Gasteiger partial charge in [0.15, 0.2) is 0 Å². The van der Waals surface area contributed by atoms with Crippen molar-refractivity contribution in [1.29, 1.82) is 0 Å². The van der Waals surface area contributed by atoms with Gasteiger partial charge in [-0.1, -0.05) is 27.7 Å². The van der Waals surface area contributed by atoms with E-state index in [0.29, 0.717) is 12.0 Å². The summed E-state index contributed by atoms with van der Waals surface area (Å²) in [6.07, 6.45) is 3.81. The van der Waals surface area contributed by atoms with Crippen LogP contribution in [-0.2, 0) is 6.42 Å². The molecule has 0 amide bonds. The van der Waals surface area contributed by atoms with Crippen LogP contribution in [-0.4, -0.2) is 27.9 Å². The highest BCUT2D eigenvalue weighted by molar-refractivity contribution is 4.92. The highest BCUT2D eigenvalue weighted by atomic mass is 15.3. The molecule has 0 aliphatic carbocycles. The Labute approximate surface area is 118 Å². The Morgan fingerprint density at radius 3 is 2.53 bits per heavy atom. The molecule has 0 aliphatic rings. The topological polar surface area (TPSA) is 42.7 Å². The van der Waals surface area contributed by atoms with Gasteiger partial charge in [-0.25, -0.2) is 9.67 Å². The van der Waals surface area contributed by atoms with Gasteiger partial charge >= 0.3 is 0 Å². The lowest BCUT2D eigenvalue weighted by atomic mass is 9.85. The number of aromatic nitrogens is 3. The van der Waals surface area contributed by atoms with Crippen molar-refractivity contribution in [2.75, 3.05) is 13.1 Å². The van der Waals surface area contributed by atoms with Gasteiger partial charge in [0.25, 0.3) is 0 Å². The maximum atomic E-state index is 4.41. The molecule has 1 N–H and O–H groups in total. The van der Waals surface area contributed by atoms with Crippen LogP contribution in [0.2, 0.25) is 0 Å². The van der Waals surface area contributed by atoms with Crippen molar-refractivity contribution in [1.82, 2.24) is 20.1 Å². The Bertz CT molecular complexity index is 366. The van der Waals surface area contributed by atoms with E-state index in [-0.39, 0.29) is 5.41 Å². The number of nitrogens with one attached hydrogen (secondary N) is 1. The molecular formula is C15H30N4. The summed E-state index contributed by atoms with van der Waals surface area (Å²) in [7, 11) is 0. The fourth-order valence-corrected chi connectivity index (χ4v) is 2.17. The highest BCUT2D eigenvalue weighted by Crippen LogP contribution is 2.25. The van der Waals surface area contributed by atoms with Gasteiger partial charge in [-0.3, -0.25) is 0 Å². The minimum atomic E-state index is 0.254. The number of hydrogen-bond acceptors (Lipinski definition) is 3. The second kappa shape index (κ2) is 7.04. The molecule has 110 valence electrons. The first-order valence-electron chi connectivity index (χ1n) is 7.41. The molecule has 0 radical (unpaired) electrons. The van der Waals surface area contributed by atoms with E-state index in [9.17, 15) is 0 Å². The molecule has 4 heteroatoms. The molecule has 0 fully saturated rings.